The summed E-state index contributed by atoms with van der Waals surface area (Å²) in [5.74, 6) is -0.241. The molecule has 0 atom stereocenters. The van der Waals surface area contributed by atoms with Crippen molar-refractivity contribution >= 4 is 11.9 Å². The standard InChI is InChI=1S/C11H19NO3/c1-4-6-10(13)12(8-5-2)9-7-11(14)15-3/h5H,2,4,6-9H2,1,3H3. The smallest absolute Gasteiger partial charge is 0.307 e. The van der Waals surface area contributed by atoms with E-state index in [1.54, 1.807) is 11.0 Å². The molecule has 0 aromatic rings. The van der Waals surface area contributed by atoms with Crippen LogP contribution >= 0.6 is 0 Å². The number of hydrogen-bond acceptors (Lipinski definition) is 3. The van der Waals surface area contributed by atoms with E-state index in [1.165, 1.54) is 7.11 Å². The first-order valence-electron chi connectivity index (χ1n) is 5.11. The first-order valence-corrected chi connectivity index (χ1v) is 5.11. The number of esters is 1. The monoisotopic (exact) mass is 213 g/mol. The Morgan fingerprint density at radius 3 is 2.53 bits per heavy atom. The van der Waals surface area contributed by atoms with Crippen molar-refractivity contribution in [3.8, 4) is 0 Å². The molecule has 0 bridgehead atoms. The number of carbonyl (C=O) groups excluding carboxylic acids is 2. The van der Waals surface area contributed by atoms with Gasteiger partial charge < -0.3 is 9.64 Å². The molecule has 0 aliphatic rings. The number of amides is 1. The molecular weight excluding hydrogens is 194 g/mol. The minimum Gasteiger partial charge on any atom is -0.469 e. The molecule has 0 rings (SSSR count). The van der Waals surface area contributed by atoms with E-state index in [1.807, 2.05) is 6.92 Å². The van der Waals surface area contributed by atoms with Gasteiger partial charge in [-0.05, 0) is 6.42 Å². The van der Waals surface area contributed by atoms with Gasteiger partial charge in [-0.3, -0.25) is 9.59 Å². The van der Waals surface area contributed by atoms with Crippen LogP contribution in [0.3, 0.4) is 0 Å². The third-order valence-corrected chi connectivity index (χ3v) is 1.98. The molecule has 0 saturated carbocycles. The topological polar surface area (TPSA) is 46.6 Å². The second-order valence-corrected chi connectivity index (χ2v) is 3.20. The van der Waals surface area contributed by atoms with Crippen molar-refractivity contribution in [2.75, 3.05) is 20.2 Å². The minimum absolute atomic E-state index is 0.0568. The van der Waals surface area contributed by atoms with Gasteiger partial charge in [0.2, 0.25) is 5.91 Å². The summed E-state index contributed by atoms with van der Waals surface area (Å²) in [6, 6.07) is 0. The van der Waals surface area contributed by atoms with E-state index in [9.17, 15) is 9.59 Å². The van der Waals surface area contributed by atoms with Gasteiger partial charge >= 0.3 is 5.97 Å². The molecule has 0 spiro atoms. The third-order valence-electron chi connectivity index (χ3n) is 1.98. The molecular formula is C11H19NO3. The van der Waals surface area contributed by atoms with Crippen LogP contribution < -0.4 is 0 Å². The summed E-state index contributed by atoms with van der Waals surface area (Å²) in [6.45, 7) is 6.41. The number of hydrogen-bond donors (Lipinski definition) is 0. The molecule has 0 saturated heterocycles. The molecule has 4 nitrogen and oxygen atoms in total. The predicted molar refractivity (Wildman–Crippen MR) is 58.3 cm³/mol. The van der Waals surface area contributed by atoms with Gasteiger partial charge in [0.05, 0.1) is 13.5 Å². The molecule has 0 unspecified atom stereocenters. The Labute approximate surface area is 90.9 Å². The van der Waals surface area contributed by atoms with Crippen LogP contribution in [0, 0.1) is 0 Å². The van der Waals surface area contributed by atoms with E-state index in [-0.39, 0.29) is 18.3 Å². The summed E-state index contributed by atoms with van der Waals surface area (Å²) in [5.41, 5.74) is 0. The van der Waals surface area contributed by atoms with E-state index in [0.29, 0.717) is 19.5 Å². The molecule has 0 aromatic heterocycles. The molecule has 0 radical (unpaired) electrons. The normalized spacial score (nSPS) is 9.47. The van der Waals surface area contributed by atoms with Gasteiger partial charge in [0.25, 0.3) is 0 Å². The van der Waals surface area contributed by atoms with E-state index >= 15 is 0 Å². The van der Waals surface area contributed by atoms with Crippen LogP contribution in [0.5, 0.6) is 0 Å². The average Bonchev–Trinajstić information content (AvgIpc) is 2.23. The second-order valence-electron chi connectivity index (χ2n) is 3.20. The highest BCUT2D eigenvalue weighted by Crippen LogP contribution is 2.00. The molecule has 0 N–H and O–H groups in total. The predicted octanol–water partition coefficient (Wildman–Crippen LogP) is 1.36. The Balaban J connectivity index is 4.08. The quantitative estimate of drug-likeness (QED) is 0.474. The maximum atomic E-state index is 11.6. The summed E-state index contributed by atoms with van der Waals surface area (Å²) in [4.78, 5) is 24.1. The molecule has 86 valence electrons. The summed E-state index contributed by atoms with van der Waals surface area (Å²) >= 11 is 0. The van der Waals surface area contributed by atoms with Crippen molar-refractivity contribution in [2.24, 2.45) is 0 Å². The van der Waals surface area contributed by atoms with Gasteiger partial charge in [0.15, 0.2) is 0 Å². The number of carbonyl (C=O) groups is 2. The summed E-state index contributed by atoms with van der Waals surface area (Å²) in [5, 5.41) is 0. The van der Waals surface area contributed by atoms with Gasteiger partial charge in [-0.2, -0.15) is 0 Å². The van der Waals surface area contributed by atoms with Crippen molar-refractivity contribution in [2.45, 2.75) is 26.2 Å². The number of rotatable bonds is 7. The van der Waals surface area contributed by atoms with Crippen LogP contribution in [-0.2, 0) is 14.3 Å². The van der Waals surface area contributed by atoms with E-state index in [0.717, 1.165) is 6.42 Å². The van der Waals surface area contributed by atoms with Gasteiger partial charge in [-0.1, -0.05) is 13.0 Å². The molecule has 0 heterocycles. The third kappa shape index (κ3) is 5.88. The van der Waals surface area contributed by atoms with E-state index in [4.69, 9.17) is 0 Å². The molecule has 1 amide bonds. The first kappa shape index (κ1) is 13.7. The average molecular weight is 213 g/mol. The lowest BCUT2D eigenvalue weighted by Gasteiger charge is -2.20. The van der Waals surface area contributed by atoms with Crippen molar-refractivity contribution in [1.82, 2.24) is 4.90 Å². The highest BCUT2D eigenvalue weighted by molar-refractivity contribution is 5.77. The van der Waals surface area contributed by atoms with E-state index < -0.39 is 0 Å². The Hall–Kier alpha value is -1.32. The fraction of sp³-hybridized carbons (Fsp3) is 0.636. The van der Waals surface area contributed by atoms with Gasteiger partial charge in [-0.25, -0.2) is 0 Å². The van der Waals surface area contributed by atoms with Crippen LogP contribution in [-0.4, -0.2) is 37.0 Å². The molecule has 0 aliphatic carbocycles. The largest absolute Gasteiger partial charge is 0.469 e. The zero-order chi connectivity index (χ0) is 11.7. The lowest BCUT2D eigenvalue weighted by molar-refractivity contribution is -0.141. The zero-order valence-electron chi connectivity index (χ0n) is 9.49. The van der Waals surface area contributed by atoms with Crippen LogP contribution in [0.15, 0.2) is 12.7 Å². The van der Waals surface area contributed by atoms with Crippen LogP contribution in [0.2, 0.25) is 0 Å². The Morgan fingerprint density at radius 1 is 1.40 bits per heavy atom. The Morgan fingerprint density at radius 2 is 2.07 bits per heavy atom. The number of methoxy groups -OCH3 is 1. The molecule has 4 heteroatoms. The summed E-state index contributed by atoms with van der Waals surface area (Å²) < 4.78 is 4.52. The van der Waals surface area contributed by atoms with Crippen molar-refractivity contribution in [1.29, 1.82) is 0 Å². The molecule has 15 heavy (non-hydrogen) atoms. The molecule has 0 fully saturated rings. The molecule has 0 aliphatic heterocycles. The fourth-order valence-corrected chi connectivity index (χ4v) is 1.17. The minimum atomic E-state index is -0.298. The summed E-state index contributed by atoms with van der Waals surface area (Å²) in [6.07, 6.45) is 3.21. The first-order chi connectivity index (χ1) is 7.15. The lowest BCUT2D eigenvalue weighted by atomic mass is 10.2. The number of nitrogens with zero attached hydrogens (tertiary/aromatic N) is 1. The van der Waals surface area contributed by atoms with Crippen molar-refractivity contribution < 1.29 is 14.3 Å². The van der Waals surface area contributed by atoms with Crippen LogP contribution in [0.4, 0.5) is 0 Å². The lowest BCUT2D eigenvalue weighted by Crippen LogP contribution is -2.33. The second kappa shape index (κ2) is 8.03. The van der Waals surface area contributed by atoms with Gasteiger partial charge in [0, 0.05) is 19.5 Å². The van der Waals surface area contributed by atoms with Crippen molar-refractivity contribution in [3.05, 3.63) is 12.7 Å². The Bertz CT molecular complexity index is 226. The maximum Gasteiger partial charge on any atom is 0.307 e. The van der Waals surface area contributed by atoms with Crippen LogP contribution in [0.1, 0.15) is 26.2 Å². The SMILES string of the molecule is C=CCN(CCC(=O)OC)C(=O)CCC. The van der Waals surface area contributed by atoms with E-state index in [2.05, 4.69) is 11.3 Å². The number of ether oxygens (including phenoxy) is 1. The fourth-order valence-electron chi connectivity index (χ4n) is 1.17. The van der Waals surface area contributed by atoms with Gasteiger partial charge in [-0.15, -0.1) is 6.58 Å². The highest BCUT2D eigenvalue weighted by atomic mass is 16.5. The van der Waals surface area contributed by atoms with Crippen LogP contribution in [0.25, 0.3) is 0 Å². The maximum absolute atomic E-state index is 11.6. The molecule has 0 aromatic carbocycles. The Kier molecular flexibility index (Phi) is 7.32. The summed E-state index contributed by atoms with van der Waals surface area (Å²) in [7, 11) is 1.34. The highest BCUT2D eigenvalue weighted by Gasteiger charge is 2.12. The zero-order valence-corrected chi connectivity index (χ0v) is 9.49. The van der Waals surface area contributed by atoms with Gasteiger partial charge in [0.1, 0.15) is 0 Å². The van der Waals surface area contributed by atoms with Crippen molar-refractivity contribution in [3.63, 3.8) is 0 Å².